The van der Waals surface area contributed by atoms with Crippen molar-refractivity contribution in [3.05, 3.63) is 22.8 Å². The zero-order valence-electron chi connectivity index (χ0n) is 11.8. The highest BCUT2D eigenvalue weighted by atomic mass is 16.7. The zero-order valence-corrected chi connectivity index (χ0v) is 11.8. The lowest BCUT2D eigenvalue weighted by Crippen LogP contribution is -2.27. The summed E-state index contributed by atoms with van der Waals surface area (Å²) >= 11 is 0. The summed E-state index contributed by atoms with van der Waals surface area (Å²) in [6.07, 6.45) is 0.359. The first-order valence-electron chi connectivity index (χ1n) is 7.11. The number of ether oxygens (including phenoxy) is 3. The predicted octanol–water partition coefficient (Wildman–Crippen LogP) is 0.392. The first kappa shape index (κ1) is 13.0. The monoisotopic (exact) mass is 292 g/mol. The summed E-state index contributed by atoms with van der Waals surface area (Å²) in [6.45, 7) is 3.46. The van der Waals surface area contributed by atoms with Gasteiger partial charge < -0.3 is 19.3 Å². The fraction of sp³-hybridized carbons (Fsp3) is 0.600. The van der Waals surface area contributed by atoms with E-state index in [2.05, 4.69) is 0 Å². The van der Waals surface area contributed by atoms with Crippen LogP contribution in [0.25, 0.3) is 0 Å². The van der Waals surface area contributed by atoms with Crippen LogP contribution in [0.2, 0.25) is 0 Å². The van der Waals surface area contributed by atoms with Crippen molar-refractivity contribution in [1.82, 2.24) is 0 Å². The molecule has 5 atom stereocenters. The summed E-state index contributed by atoms with van der Waals surface area (Å²) in [7, 11) is 0. The van der Waals surface area contributed by atoms with Gasteiger partial charge in [0, 0.05) is 11.1 Å². The number of carbonyl (C=O) groups is 2. The molecule has 3 heterocycles. The molecule has 4 aliphatic rings. The third-order valence-electron chi connectivity index (χ3n) is 4.91. The van der Waals surface area contributed by atoms with Crippen molar-refractivity contribution in [1.29, 1.82) is 0 Å². The maximum absolute atomic E-state index is 12.1. The number of carbonyl (C=O) groups excluding carboxylic acids is 2. The van der Waals surface area contributed by atoms with Crippen LogP contribution in [0.4, 0.5) is 0 Å². The molecule has 112 valence electrons. The van der Waals surface area contributed by atoms with Crippen LogP contribution in [-0.2, 0) is 23.8 Å². The molecule has 1 N–H and O–H groups in total. The van der Waals surface area contributed by atoms with Gasteiger partial charge in [-0.3, -0.25) is 0 Å². The van der Waals surface area contributed by atoms with Crippen LogP contribution >= 0.6 is 0 Å². The van der Waals surface area contributed by atoms with Gasteiger partial charge in [-0.1, -0.05) is 0 Å². The molecule has 0 aromatic carbocycles. The summed E-state index contributed by atoms with van der Waals surface area (Å²) in [5.41, 5.74) is 0.893. The van der Waals surface area contributed by atoms with E-state index in [1.165, 1.54) is 0 Å². The van der Waals surface area contributed by atoms with Crippen LogP contribution in [0.5, 0.6) is 0 Å². The lowest BCUT2D eigenvalue weighted by molar-refractivity contribution is -0.152. The molecule has 3 aliphatic heterocycles. The molecule has 0 amide bonds. The predicted molar refractivity (Wildman–Crippen MR) is 69.1 cm³/mol. The number of fused-ring (bicyclic) bond motifs is 2. The number of aliphatic hydroxyl groups excluding tert-OH is 1. The highest BCUT2D eigenvalue weighted by Gasteiger charge is 2.74. The molecule has 0 aromatic heterocycles. The molecule has 2 saturated heterocycles. The molecule has 2 fully saturated rings. The van der Waals surface area contributed by atoms with E-state index >= 15 is 0 Å². The topological polar surface area (TPSA) is 85.4 Å². The van der Waals surface area contributed by atoms with Crippen molar-refractivity contribution in [2.75, 3.05) is 0 Å². The van der Waals surface area contributed by atoms with Crippen molar-refractivity contribution in [2.24, 2.45) is 0 Å². The maximum atomic E-state index is 12.1. The zero-order chi connectivity index (χ0) is 14.9. The van der Waals surface area contributed by atoms with Crippen molar-refractivity contribution >= 4 is 11.9 Å². The molecule has 5 unspecified atom stereocenters. The van der Waals surface area contributed by atoms with Crippen molar-refractivity contribution in [3.63, 3.8) is 0 Å². The Morgan fingerprint density at radius 3 is 2.76 bits per heavy atom. The van der Waals surface area contributed by atoms with E-state index < -0.39 is 35.9 Å². The second kappa shape index (κ2) is 3.96. The third kappa shape index (κ3) is 1.60. The van der Waals surface area contributed by atoms with Crippen molar-refractivity contribution in [3.8, 4) is 0 Å². The summed E-state index contributed by atoms with van der Waals surface area (Å²) in [5.74, 6) is -0.815. The summed E-state index contributed by atoms with van der Waals surface area (Å²) in [4.78, 5) is 24.0. The minimum atomic E-state index is -0.938. The van der Waals surface area contributed by atoms with E-state index in [-0.39, 0.29) is 6.10 Å². The standard InChI is InChI=1S/C15H16O6/c1-6-5-9-10(7(2)13(17)19-9)11-12-15(21-12,14(18)20-11)4-3-8(6)16/h5,8-9,11-12,16H,3-4H2,1-2H3. The van der Waals surface area contributed by atoms with Crippen molar-refractivity contribution in [2.45, 2.75) is 56.7 Å². The van der Waals surface area contributed by atoms with E-state index in [9.17, 15) is 14.7 Å². The molecule has 21 heavy (non-hydrogen) atoms. The third-order valence-corrected chi connectivity index (χ3v) is 4.91. The first-order valence-corrected chi connectivity index (χ1v) is 7.11. The van der Waals surface area contributed by atoms with E-state index in [1.807, 2.05) is 0 Å². The summed E-state index contributed by atoms with van der Waals surface area (Å²) < 4.78 is 16.4. The molecular weight excluding hydrogens is 276 g/mol. The molecule has 6 heteroatoms. The van der Waals surface area contributed by atoms with Gasteiger partial charge in [0.2, 0.25) is 0 Å². The number of hydrogen-bond acceptors (Lipinski definition) is 6. The quantitative estimate of drug-likeness (QED) is 0.395. The molecule has 4 rings (SSSR count). The summed E-state index contributed by atoms with van der Waals surface area (Å²) in [5, 5.41) is 10.2. The Hall–Kier alpha value is -1.66. The van der Waals surface area contributed by atoms with Crippen LogP contribution in [0.15, 0.2) is 22.8 Å². The molecule has 0 radical (unpaired) electrons. The fourth-order valence-corrected chi connectivity index (χ4v) is 3.50. The number of epoxide rings is 1. The number of aliphatic hydroxyl groups is 1. The smallest absolute Gasteiger partial charge is 0.342 e. The second-order valence-electron chi connectivity index (χ2n) is 6.13. The van der Waals surface area contributed by atoms with Crippen LogP contribution in [0.3, 0.4) is 0 Å². The van der Waals surface area contributed by atoms with E-state index in [4.69, 9.17) is 14.2 Å². The van der Waals surface area contributed by atoms with Gasteiger partial charge in [-0.2, -0.15) is 0 Å². The van der Waals surface area contributed by atoms with Gasteiger partial charge in [0.15, 0.2) is 11.7 Å². The number of esters is 2. The molecule has 0 spiro atoms. The molecule has 1 aliphatic carbocycles. The Morgan fingerprint density at radius 1 is 1.29 bits per heavy atom. The number of rotatable bonds is 0. The lowest BCUT2D eigenvalue weighted by Gasteiger charge is -2.19. The van der Waals surface area contributed by atoms with Crippen LogP contribution in [-0.4, -0.2) is 47.1 Å². The molecule has 6 nitrogen and oxygen atoms in total. The minimum absolute atomic E-state index is 0.369. The van der Waals surface area contributed by atoms with E-state index in [1.54, 1.807) is 19.9 Å². The average molecular weight is 292 g/mol. The van der Waals surface area contributed by atoms with Crippen LogP contribution in [0, 0.1) is 0 Å². The Labute approximate surface area is 121 Å². The van der Waals surface area contributed by atoms with Gasteiger partial charge in [-0.15, -0.1) is 0 Å². The highest BCUT2D eigenvalue weighted by Crippen LogP contribution is 2.54. The van der Waals surface area contributed by atoms with Gasteiger partial charge in [0.25, 0.3) is 0 Å². The number of hydrogen-bond donors (Lipinski definition) is 1. The van der Waals surface area contributed by atoms with Gasteiger partial charge in [0.1, 0.15) is 12.2 Å². The van der Waals surface area contributed by atoms with E-state index in [0.29, 0.717) is 24.0 Å². The lowest BCUT2D eigenvalue weighted by atomic mass is 9.88. The Morgan fingerprint density at radius 2 is 2.05 bits per heavy atom. The summed E-state index contributed by atoms with van der Waals surface area (Å²) in [6, 6.07) is 0. The fourth-order valence-electron chi connectivity index (χ4n) is 3.50. The van der Waals surface area contributed by atoms with Gasteiger partial charge >= 0.3 is 11.9 Å². The second-order valence-corrected chi connectivity index (χ2v) is 6.13. The Balaban J connectivity index is 1.83. The normalized spacial score (nSPS) is 44.6. The first-order chi connectivity index (χ1) is 9.94. The minimum Gasteiger partial charge on any atom is -0.453 e. The highest BCUT2D eigenvalue weighted by molar-refractivity contribution is 5.94. The molecule has 2 bridgehead atoms. The largest absolute Gasteiger partial charge is 0.453 e. The Kier molecular flexibility index (Phi) is 2.45. The van der Waals surface area contributed by atoms with Crippen LogP contribution < -0.4 is 0 Å². The maximum Gasteiger partial charge on any atom is 0.342 e. The Bertz CT molecular complexity index is 618. The van der Waals surface area contributed by atoms with Crippen LogP contribution in [0.1, 0.15) is 26.7 Å². The van der Waals surface area contributed by atoms with E-state index in [0.717, 1.165) is 5.57 Å². The molecule has 0 saturated carbocycles. The molecular formula is C15H16O6. The van der Waals surface area contributed by atoms with Crippen molar-refractivity contribution < 1.29 is 28.9 Å². The molecule has 0 aromatic rings. The average Bonchev–Trinajstić information content (AvgIpc) is 3.03. The SMILES string of the molecule is CC1=CC2OC(=O)C(C)=C2C2OC(=O)C3(CCC1O)OC23. The van der Waals surface area contributed by atoms with Gasteiger partial charge in [-0.25, -0.2) is 9.59 Å². The van der Waals surface area contributed by atoms with Gasteiger partial charge in [0.05, 0.1) is 6.10 Å². The van der Waals surface area contributed by atoms with Gasteiger partial charge in [-0.05, 0) is 38.3 Å².